The number of carbonyl (C=O) groups excluding carboxylic acids is 1. The largest absolute Gasteiger partial charge is 0.379 e. The van der Waals surface area contributed by atoms with E-state index in [1.807, 2.05) is 0 Å². The van der Waals surface area contributed by atoms with Crippen LogP contribution in [0.4, 0.5) is 21.7 Å². The Morgan fingerprint density at radius 2 is 2.12 bits per heavy atom. The highest BCUT2D eigenvalue weighted by Crippen LogP contribution is 2.33. The Bertz CT molecular complexity index is 1230. The van der Waals surface area contributed by atoms with Gasteiger partial charge >= 0.3 is 0 Å². The van der Waals surface area contributed by atoms with E-state index in [-0.39, 0.29) is 29.7 Å². The van der Waals surface area contributed by atoms with Crippen LogP contribution in [0, 0.1) is 0 Å². The van der Waals surface area contributed by atoms with Crippen LogP contribution in [0.2, 0.25) is 0 Å². The molecule has 32 heavy (non-hydrogen) atoms. The average molecular weight is 441 g/mol. The number of nitrogens with one attached hydrogen (secondary N) is 3. The highest BCUT2D eigenvalue weighted by Gasteiger charge is 2.39. The fourth-order valence-electron chi connectivity index (χ4n) is 3.97. The van der Waals surface area contributed by atoms with Crippen molar-refractivity contribution in [2.45, 2.75) is 43.6 Å². The van der Waals surface area contributed by atoms with Crippen LogP contribution in [-0.2, 0) is 4.74 Å². The van der Waals surface area contributed by atoms with Crippen molar-refractivity contribution in [3.05, 3.63) is 46.5 Å². The number of nitrogens with zero attached hydrogens (tertiary/aromatic N) is 4. The molecule has 0 bridgehead atoms. The van der Waals surface area contributed by atoms with Gasteiger partial charge in [0.2, 0.25) is 0 Å². The van der Waals surface area contributed by atoms with Gasteiger partial charge in [0.05, 0.1) is 18.3 Å². The number of amides is 1. The van der Waals surface area contributed by atoms with E-state index >= 15 is 0 Å². The van der Waals surface area contributed by atoms with Gasteiger partial charge < -0.3 is 25.3 Å². The fraction of sp³-hybridized carbons (Fsp3) is 0.429. The molecule has 3 N–H and O–H groups in total. The first kappa shape index (κ1) is 20.4. The molecule has 10 nitrogen and oxygen atoms in total. The van der Waals surface area contributed by atoms with Gasteiger partial charge in [-0.2, -0.15) is 9.61 Å². The van der Waals surface area contributed by atoms with Crippen molar-refractivity contribution >= 4 is 28.9 Å². The van der Waals surface area contributed by atoms with E-state index in [0.29, 0.717) is 41.4 Å². The van der Waals surface area contributed by atoms with Gasteiger partial charge in [-0.15, -0.1) is 0 Å². The molecule has 168 valence electrons. The number of ether oxygens (including phenoxy) is 1. The van der Waals surface area contributed by atoms with Crippen molar-refractivity contribution in [2.24, 2.45) is 0 Å². The number of pyridine rings is 1. The van der Waals surface area contributed by atoms with Crippen LogP contribution in [0.1, 0.15) is 35.7 Å². The predicted molar refractivity (Wildman–Crippen MR) is 116 cm³/mol. The number of rotatable bonds is 7. The number of fused-ring (bicyclic) bond motifs is 1. The lowest BCUT2D eigenvalue weighted by molar-refractivity contribution is 0.0936. The van der Waals surface area contributed by atoms with Crippen molar-refractivity contribution in [1.29, 1.82) is 0 Å². The molecule has 3 heterocycles. The van der Waals surface area contributed by atoms with Gasteiger partial charge in [0, 0.05) is 32.5 Å². The molecular formula is C21H24FN7O3. The van der Waals surface area contributed by atoms with Crippen molar-refractivity contribution < 1.29 is 13.9 Å². The number of halogens is 1. The van der Waals surface area contributed by atoms with Gasteiger partial charge in [0.1, 0.15) is 29.1 Å². The number of hydrogen-bond donors (Lipinski definition) is 3. The Morgan fingerprint density at radius 3 is 2.81 bits per heavy atom. The van der Waals surface area contributed by atoms with Crippen LogP contribution in [0.15, 0.2) is 35.4 Å². The summed E-state index contributed by atoms with van der Waals surface area (Å²) >= 11 is 0. The van der Waals surface area contributed by atoms with Crippen molar-refractivity contribution in [3.63, 3.8) is 0 Å². The first-order chi connectivity index (χ1) is 15.5. The summed E-state index contributed by atoms with van der Waals surface area (Å²) in [5.41, 5.74) is 0.742. The first-order valence-corrected chi connectivity index (χ1v) is 10.5. The summed E-state index contributed by atoms with van der Waals surface area (Å²) in [6, 6.07) is 4.93. The fourth-order valence-corrected chi connectivity index (χ4v) is 3.97. The second kappa shape index (κ2) is 7.90. The van der Waals surface area contributed by atoms with Crippen molar-refractivity contribution in [2.75, 3.05) is 24.8 Å². The summed E-state index contributed by atoms with van der Waals surface area (Å²) in [5.74, 6) is 0.682. The Balaban J connectivity index is 1.45. The molecule has 3 aromatic rings. The molecule has 3 aromatic heterocycles. The van der Waals surface area contributed by atoms with Gasteiger partial charge in [0.25, 0.3) is 11.5 Å². The number of anilines is 3. The summed E-state index contributed by atoms with van der Waals surface area (Å²) < 4.78 is 21.6. The standard InChI is InChI=1S/C21H24FN7O3/c1-23-18-9-17(25-14-4-3-5-28(21(14)31)12-6-11(22)7-12)27-19-13(10-24-29(18)19)20(30)26-15-8-16(15)32-2/h3-5,9-12,15-16,23H,6-8H2,1-2H3,(H,25,27)(H,26,30)/t11-,12-,15?,16-/m1/s1. The predicted octanol–water partition coefficient (Wildman–Crippen LogP) is 1.87. The van der Waals surface area contributed by atoms with Crippen LogP contribution in [0.3, 0.4) is 0 Å². The average Bonchev–Trinajstić information content (AvgIpc) is 3.37. The number of carbonyl (C=O) groups is 1. The summed E-state index contributed by atoms with van der Waals surface area (Å²) in [6.45, 7) is 0. The third-order valence-corrected chi connectivity index (χ3v) is 6.01. The quantitative estimate of drug-likeness (QED) is 0.513. The minimum Gasteiger partial charge on any atom is -0.379 e. The molecule has 2 atom stereocenters. The third-order valence-electron chi connectivity index (χ3n) is 6.01. The molecule has 1 amide bonds. The number of hydrogen-bond acceptors (Lipinski definition) is 7. The summed E-state index contributed by atoms with van der Waals surface area (Å²) in [5, 5.41) is 13.3. The molecule has 11 heteroatoms. The molecule has 2 fully saturated rings. The maximum atomic E-state index is 13.3. The van der Waals surface area contributed by atoms with Gasteiger partial charge in [-0.1, -0.05) is 0 Å². The van der Waals surface area contributed by atoms with Crippen LogP contribution < -0.4 is 21.5 Å². The maximum absolute atomic E-state index is 13.3. The molecular weight excluding hydrogens is 417 g/mol. The van der Waals surface area contributed by atoms with Crippen LogP contribution in [-0.4, -0.2) is 57.5 Å². The molecule has 0 saturated heterocycles. The second-order valence-corrected chi connectivity index (χ2v) is 8.14. The zero-order valence-corrected chi connectivity index (χ0v) is 17.7. The van der Waals surface area contributed by atoms with E-state index in [1.54, 1.807) is 43.1 Å². The summed E-state index contributed by atoms with van der Waals surface area (Å²) in [6.07, 6.45) is 3.77. The van der Waals surface area contributed by atoms with Crippen LogP contribution >= 0.6 is 0 Å². The number of aromatic nitrogens is 4. The molecule has 0 aliphatic heterocycles. The minimum atomic E-state index is -0.855. The van der Waals surface area contributed by atoms with Gasteiger partial charge in [0.15, 0.2) is 5.65 Å². The summed E-state index contributed by atoms with van der Waals surface area (Å²) in [4.78, 5) is 30.2. The second-order valence-electron chi connectivity index (χ2n) is 8.14. The Morgan fingerprint density at radius 1 is 1.31 bits per heavy atom. The molecule has 0 radical (unpaired) electrons. The molecule has 2 saturated carbocycles. The maximum Gasteiger partial charge on any atom is 0.274 e. The van der Waals surface area contributed by atoms with Gasteiger partial charge in [-0.05, 0) is 31.4 Å². The van der Waals surface area contributed by atoms with E-state index < -0.39 is 6.17 Å². The highest BCUT2D eigenvalue weighted by atomic mass is 19.1. The Kier molecular flexibility index (Phi) is 5.04. The SMILES string of the molecule is CNc1cc(Nc2cccn([C@H]3C[C@H](F)C3)c2=O)nc2c(C(=O)NC3C[C@H]3OC)cnn12. The van der Waals surface area contributed by atoms with Gasteiger partial charge in [-0.3, -0.25) is 9.59 Å². The highest BCUT2D eigenvalue weighted by molar-refractivity contribution is 6.00. The summed E-state index contributed by atoms with van der Waals surface area (Å²) in [7, 11) is 3.34. The van der Waals surface area contributed by atoms with Crippen molar-refractivity contribution in [1.82, 2.24) is 24.5 Å². The molecule has 0 aromatic carbocycles. The molecule has 5 rings (SSSR count). The molecule has 2 aliphatic carbocycles. The molecule has 0 spiro atoms. The first-order valence-electron chi connectivity index (χ1n) is 10.5. The zero-order chi connectivity index (χ0) is 22.4. The Labute approximate surface area is 182 Å². The smallest absolute Gasteiger partial charge is 0.274 e. The lowest BCUT2D eigenvalue weighted by Gasteiger charge is -2.31. The zero-order valence-electron chi connectivity index (χ0n) is 17.7. The topological polar surface area (TPSA) is 115 Å². The van der Waals surface area contributed by atoms with E-state index in [9.17, 15) is 14.0 Å². The van der Waals surface area contributed by atoms with Crippen LogP contribution in [0.25, 0.3) is 5.65 Å². The lowest BCUT2D eigenvalue weighted by atomic mass is 9.90. The molecule has 1 unspecified atom stereocenters. The van der Waals surface area contributed by atoms with E-state index in [1.165, 1.54) is 10.7 Å². The minimum absolute atomic E-state index is 0.0225. The van der Waals surface area contributed by atoms with Crippen molar-refractivity contribution in [3.8, 4) is 0 Å². The van der Waals surface area contributed by atoms with Crippen LogP contribution in [0.5, 0.6) is 0 Å². The number of methoxy groups -OCH3 is 1. The molecule has 2 aliphatic rings. The number of alkyl halides is 1. The van der Waals surface area contributed by atoms with Gasteiger partial charge in [-0.25, -0.2) is 9.37 Å². The van der Waals surface area contributed by atoms with E-state index in [4.69, 9.17) is 4.74 Å². The third kappa shape index (κ3) is 3.58. The Hall–Kier alpha value is -3.47. The normalized spacial score (nSPS) is 24.1. The monoisotopic (exact) mass is 441 g/mol. The van der Waals surface area contributed by atoms with E-state index in [0.717, 1.165) is 6.42 Å². The lowest BCUT2D eigenvalue weighted by Crippen LogP contribution is -2.35. The van der Waals surface area contributed by atoms with E-state index in [2.05, 4.69) is 26.0 Å².